The van der Waals surface area contributed by atoms with Crippen LogP contribution in [0.5, 0.6) is 0 Å². The predicted molar refractivity (Wildman–Crippen MR) is 110 cm³/mol. The first-order valence-electron chi connectivity index (χ1n) is 10.4. The molecule has 2 fully saturated rings. The van der Waals surface area contributed by atoms with Crippen LogP contribution in [0.2, 0.25) is 0 Å². The van der Waals surface area contributed by atoms with Gasteiger partial charge >= 0.3 is 6.03 Å². The summed E-state index contributed by atoms with van der Waals surface area (Å²) in [5.41, 5.74) is 1.39. The maximum absolute atomic E-state index is 12.5. The molecule has 148 valence electrons. The molecule has 6 heteroatoms. The third-order valence-electron chi connectivity index (χ3n) is 5.99. The highest BCUT2D eigenvalue weighted by molar-refractivity contribution is 5.74. The highest BCUT2D eigenvalue weighted by atomic mass is 16.2. The van der Waals surface area contributed by atoms with Gasteiger partial charge in [0.15, 0.2) is 5.82 Å². The van der Waals surface area contributed by atoms with Crippen molar-refractivity contribution in [2.45, 2.75) is 56.5 Å². The highest BCUT2D eigenvalue weighted by Crippen LogP contribution is 2.32. The molecular weight excluding hydrogens is 350 g/mol. The number of benzene rings is 1. The van der Waals surface area contributed by atoms with E-state index < -0.39 is 0 Å². The normalized spacial score (nSPS) is 23.2. The maximum Gasteiger partial charge on any atom is 0.315 e. The van der Waals surface area contributed by atoms with Crippen LogP contribution in [0, 0.1) is 0 Å². The van der Waals surface area contributed by atoms with Crippen LogP contribution in [-0.4, -0.2) is 41.4 Å². The molecule has 2 N–H and O–H groups in total. The van der Waals surface area contributed by atoms with E-state index in [-0.39, 0.29) is 18.1 Å². The second kappa shape index (κ2) is 9.04. The summed E-state index contributed by atoms with van der Waals surface area (Å²) in [6, 6.07) is 15.0. The Kier molecular flexibility index (Phi) is 6.04. The first-order chi connectivity index (χ1) is 13.8. The molecule has 4 rings (SSSR count). The molecule has 2 atom stereocenters. The van der Waals surface area contributed by atoms with Crippen molar-refractivity contribution >= 4 is 11.8 Å². The summed E-state index contributed by atoms with van der Waals surface area (Å²) in [5.74, 6) is 1.47. The molecule has 1 aromatic carbocycles. The standard InChI is InChI=1S/C22H29N5O/c28-22(24-19-11-14-27(15-12-19)21-10-5-13-23-26-21)25-20-9-4-8-18(16-20)17-6-2-1-3-7-17/h1-3,5-7,10,13,18-20H,4,8-9,11-12,14-16H2,(H2,24,25,28)/t18-,20-/m1/s1. The Morgan fingerprint density at radius 3 is 2.46 bits per heavy atom. The number of nitrogens with zero attached hydrogens (tertiary/aromatic N) is 3. The Morgan fingerprint density at radius 2 is 1.71 bits per heavy atom. The molecular formula is C22H29N5O. The SMILES string of the molecule is O=C(NC1CCN(c2cccnn2)CC1)N[C@@H]1CCC[C@@H](c2ccccc2)C1. The van der Waals surface area contributed by atoms with Crippen LogP contribution in [-0.2, 0) is 0 Å². The van der Waals surface area contributed by atoms with Gasteiger partial charge in [0.05, 0.1) is 0 Å². The van der Waals surface area contributed by atoms with Crippen molar-refractivity contribution in [1.29, 1.82) is 0 Å². The number of carbonyl (C=O) groups excluding carboxylic acids is 1. The summed E-state index contributed by atoms with van der Waals surface area (Å²) < 4.78 is 0. The van der Waals surface area contributed by atoms with E-state index in [4.69, 9.17) is 0 Å². The third-order valence-corrected chi connectivity index (χ3v) is 5.99. The Labute approximate surface area is 166 Å². The average molecular weight is 380 g/mol. The first-order valence-corrected chi connectivity index (χ1v) is 10.4. The van der Waals surface area contributed by atoms with Gasteiger partial charge in [0.1, 0.15) is 0 Å². The van der Waals surface area contributed by atoms with Gasteiger partial charge in [0.25, 0.3) is 0 Å². The summed E-state index contributed by atoms with van der Waals surface area (Å²) in [5, 5.41) is 14.5. The molecule has 0 spiro atoms. The van der Waals surface area contributed by atoms with Gasteiger partial charge < -0.3 is 15.5 Å². The number of hydrogen-bond acceptors (Lipinski definition) is 4. The lowest BCUT2D eigenvalue weighted by atomic mass is 9.81. The van der Waals surface area contributed by atoms with E-state index in [2.05, 4.69) is 56.1 Å². The molecule has 0 unspecified atom stereocenters. The number of carbonyl (C=O) groups is 1. The minimum atomic E-state index is -0.0170. The molecule has 2 amide bonds. The quantitative estimate of drug-likeness (QED) is 0.853. The van der Waals surface area contributed by atoms with Crippen molar-refractivity contribution in [3.05, 3.63) is 54.2 Å². The molecule has 2 aromatic rings. The molecule has 1 saturated carbocycles. The van der Waals surface area contributed by atoms with Crippen molar-refractivity contribution in [2.24, 2.45) is 0 Å². The molecule has 2 heterocycles. The Bertz CT molecular complexity index is 746. The largest absolute Gasteiger partial charge is 0.355 e. The number of anilines is 1. The molecule has 1 aliphatic heterocycles. The minimum absolute atomic E-state index is 0.0170. The van der Waals surface area contributed by atoms with Crippen molar-refractivity contribution in [3.63, 3.8) is 0 Å². The number of urea groups is 1. The number of hydrogen-bond donors (Lipinski definition) is 2. The van der Waals surface area contributed by atoms with Crippen LogP contribution in [0.3, 0.4) is 0 Å². The highest BCUT2D eigenvalue weighted by Gasteiger charge is 2.26. The molecule has 6 nitrogen and oxygen atoms in total. The summed E-state index contributed by atoms with van der Waals surface area (Å²) >= 11 is 0. The molecule has 2 aliphatic rings. The lowest BCUT2D eigenvalue weighted by Gasteiger charge is -2.34. The van der Waals surface area contributed by atoms with Gasteiger partial charge in [-0.25, -0.2) is 4.79 Å². The summed E-state index contributed by atoms with van der Waals surface area (Å²) in [6.07, 6.45) is 8.04. The second-order valence-electron chi connectivity index (χ2n) is 7.93. The van der Waals surface area contributed by atoms with Gasteiger partial charge in [-0.3, -0.25) is 0 Å². The van der Waals surface area contributed by atoms with E-state index in [0.29, 0.717) is 5.92 Å². The van der Waals surface area contributed by atoms with E-state index in [9.17, 15) is 4.79 Å². The minimum Gasteiger partial charge on any atom is -0.355 e. The van der Waals surface area contributed by atoms with E-state index in [1.54, 1.807) is 6.20 Å². The van der Waals surface area contributed by atoms with Crippen molar-refractivity contribution in [2.75, 3.05) is 18.0 Å². The zero-order valence-corrected chi connectivity index (χ0v) is 16.3. The Morgan fingerprint density at radius 1 is 0.929 bits per heavy atom. The summed E-state index contributed by atoms with van der Waals surface area (Å²) in [6.45, 7) is 1.78. The van der Waals surface area contributed by atoms with Crippen LogP contribution in [0.4, 0.5) is 10.6 Å². The monoisotopic (exact) mass is 379 g/mol. The molecule has 1 saturated heterocycles. The number of rotatable bonds is 4. The van der Waals surface area contributed by atoms with E-state index in [0.717, 1.165) is 44.6 Å². The fourth-order valence-electron chi connectivity index (χ4n) is 4.48. The lowest BCUT2D eigenvalue weighted by molar-refractivity contribution is 0.224. The summed E-state index contributed by atoms with van der Waals surface area (Å²) in [7, 11) is 0. The van der Waals surface area contributed by atoms with Crippen LogP contribution in [0.25, 0.3) is 0 Å². The zero-order valence-electron chi connectivity index (χ0n) is 16.3. The average Bonchev–Trinajstić information content (AvgIpc) is 2.76. The van der Waals surface area contributed by atoms with E-state index in [1.165, 1.54) is 18.4 Å². The van der Waals surface area contributed by atoms with Gasteiger partial charge in [-0.2, -0.15) is 5.10 Å². The summed E-state index contributed by atoms with van der Waals surface area (Å²) in [4.78, 5) is 14.7. The number of aromatic nitrogens is 2. The fraction of sp³-hybridized carbons (Fsp3) is 0.500. The molecule has 0 bridgehead atoms. The predicted octanol–water partition coefficient (Wildman–Crippen LogP) is 3.47. The van der Waals surface area contributed by atoms with Gasteiger partial charge in [0, 0.05) is 31.4 Å². The van der Waals surface area contributed by atoms with E-state index >= 15 is 0 Å². The lowest BCUT2D eigenvalue weighted by Crippen LogP contribution is -2.50. The molecule has 1 aliphatic carbocycles. The van der Waals surface area contributed by atoms with Crippen LogP contribution in [0.1, 0.15) is 50.0 Å². The van der Waals surface area contributed by atoms with E-state index in [1.807, 2.05) is 12.1 Å². The van der Waals surface area contributed by atoms with Crippen molar-refractivity contribution < 1.29 is 4.79 Å². The second-order valence-corrected chi connectivity index (χ2v) is 7.93. The smallest absolute Gasteiger partial charge is 0.315 e. The number of nitrogens with one attached hydrogen (secondary N) is 2. The van der Waals surface area contributed by atoms with Crippen molar-refractivity contribution in [1.82, 2.24) is 20.8 Å². The molecule has 28 heavy (non-hydrogen) atoms. The number of amides is 2. The van der Waals surface area contributed by atoms with Crippen LogP contribution < -0.4 is 15.5 Å². The van der Waals surface area contributed by atoms with Gasteiger partial charge in [-0.15, -0.1) is 5.10 Å². The van der Waals surface area contributed by atoms with Gasteiger partial charge in [-0.1, -0.05) is 36.8 Å². The van der Waals surface area contributed by atoms with Crippen molar-refractivity contribution in [3.8, 4) is 0 Å². The van der Waals surface area contributed by atoms with Gasteiger partial charge in [0.2, 0.25) is 0 Å². The number of piperidine rings is 1. The third kappa shape index (κ3) is 4.80. The topological polar surface area (TPSA) is 70.2 Å². The van der Waals surface area contributed by atoms with Crippen LogP contribution >= 0.6 is 0 Å². The Hall–Kier alpha value is -2.63. The maximum atomic E-state index is 12.5. The molecule has 1 aromatic heterocycles. The zero-order chi connectivity index (χ0) is 19.2. The fourth-order valence-corrected chi connectivity index (χ4v) is 4.48. The first kappa shape index (κ1) is 18.7. The van der Waals surface area contributed by atoms with Gasteiger partial charge in [-0.05, 0) is 55.7 Å². The molecule has 0 radical (unpaired) electrons. The van der Waals surface area contributed by atoms with Crippen LogP contribution in [0.15, 0.2) is 48.7 Å². The Balaban J connectivity index is 1.22.